The number of benzene rings is 2. The Kier molecular flexibility index (Phi) is 4.44. The second-order valence-corrected chi connectivity index (χ2v) is 4.89. The largest absolute Gasteiger partial charge is 0.455 e. The second kappa shape index (κ2) is 5.95. The number of aldehydes is 1. The van der Waals surface area contributed by atoms with E-state index >= 15 is 0 Å². The van der Waals surface area contributed by atoms with Crippen LogP contribution in [0.25, 0.3) is 0 Å². The second-order valence-electron chi connectivity index (χ2n) is 4.05. The molecule has 2 aromatic carbocycles. The lowest BCUT2D eigenvalue weighted by Crippen LogP contribution is -2.08. The van der Waals surface area contributed by atoms with E-state index in [0.29, 0.717) is 12.4 Å². The van der Waals surface area contributed by atoms with Crippen molar-refractivity contribution in [1.29, 1.82) is 0 Å². The minimum Gasteiger partial charge on any atom is -0.455 e. The lowest BCUT2D eigenvalue weighted by molar-refractivity contribution is -0.138. The van der Waals surface area contributed by atoms with Gasteiger partial charge in [0, 0.05) is 16.7 Å². The zero-order valence-corrected chi connectivity index (χ0v) is 11.8. The molecule has 0 atom stereocenters. The van der Waals surface area contributed by atoms with Crippen LogP contribution in [0.15, 0.2) is 36.4 Å². The zero-order valence-electron chi connectivity index (χ0n) is 10.2. The Balaban J connectivity index is 2.48. The van der Waals surface area contributed by atoms with Crippen LogP contribution in [0.3, 0.4) is 0 Å². The zero-order chi connectivity index (χ0) is 15.6. The predicted molar refractivity (Wildman–Crippen MR) is 73.4 cm³/mol. The van der Waals surface area contributed by atoms with Crippen LogP contribution in [0.4, 0.5) is 13.2 Å². The van der Waals surface area contributed by atoms with Crippen LogP contribution in [-0.4, -0.2) is 6.29 Å². The van der Waals surface area contributed by atoms with E-state index in [1.165, 1.54) is 24.3 Å². The smallest absolute Gasteiger partial charge is 0.420 e. The van der Waals surface area contributed by atoms with Crippen LogP contribution >= 0.6 is 23.2 Å². The quantitative estimate of drug-likeness (QED) is 0.681. The van der Waals surface area contributed by atoms with Crippen LogP contribution in [0.2, 0.25) is 10.0 Å². The number of halogens is 5. The third-order valence-electron chi connectivity index (χ3n) is 2.56. The number of ether oxygens (including phenoxy) is 1. The fraction of sp³-hybridized carbons (Fsp3) is 0.0714. The molecule has 0 unspecified atom stereocenters. The molecule has 0 spiro atoms. The van der Waals surface area contributed by atoms with Crippen molar-refractivity contribution < 1.29 is 22.7 Å². The van der Waals surface area contributed by atoms with Crippen LogP contribution < -0.4 is 4.74 Å². The summed E-state index contributed by atoms with van der Waals surface area (Å²) in [6.07, 6.45) is -4.34. The van der Waals surface area contributed by atoms with Gasteiger partial charge in [-0.15, -0.1) is 0 Å². The number of carbonyl (C=O) groups excluding carboxylic acids is 1. The number of hydrogen-bond donors (Lipinski definition) is 0. The average molecular weight is 335 g/mol. The van der Waals surface area contributed by atoms with Gasteiger partial charge >= 0.3 is 6.18 Å². The molecule has 0 amide bonds. The van der Waals surface area contributed by atoms with Crippen molar-refractivity contribution in [2.45, 2.75) is 6.18 Å². The summed E-state index contributed by atoms with van der Waals surface area (Å²) in [5.74, 6) is -0.467. The third-order valence-corrected chi connectivity index (χ3v) is 3.11. The summed E-state index contributed by atoms with van der Waals surface area (Å²) in [5, 5.41) is 0.388. The molecule has 0 N–H and O–H groups in total. The van der Waals surface area contributed by atoms with Gasteiger partial charge in [0.1, 0.15) is 17.8 Å². The van der Waals surface area contributed by atoms with Gasteiger partial charge in [-0.05, 0) is 30.3 Å². The fourth-order valence-electron chi connectivity index (χ4n) is 1.61. The van der Waals surface area contributed by atoms with Gasteiger partial charge in [0.2, 0.25) is 0 Å². The van der Waals surface area contributed by atoms with Crippen LogP contribution in [0.1, 0.15) is 15.9 Å². The van der Waals surface area contributed by atoms with Crippen molar-refractivity contribution in [2.75, 3.05) is 0 Å². The molecule has 2 aromatic rings. The lowest BCUT2D eigenvalue weighted by Gasteiger charge is -2.15. The Morgan fingerprint density at radius 1 is 1.00 bits per heavy atom. The van der Waals surface area contributed by atoms with Gasteiger partial charge in [0.05, 0.1) is 10.6 Å². The highest BCUT2D eigenvalue weighted by Gasteiger charge is 2.35. The molecule has 2 rings (SSSR count). The highest BCUT2D eigenvalue weighted by atomic mass is 35.5. The maximum absolute atomic E-state index is 13.0. The van der Waals surface area contributed by atoms with Crippen LogP contribution in [0.5, 0.6) is 11.5 Å². The van der Waals surface area contributed by atoms with Crippen molar-refractivity contribution in [1.82, 2.24) is 0 Å². The minimum absolute atomic E-state index is 0.00600. The van der Waals surface area contributed by atoms with E-state index in [2.05, 4.69) is 0 Å². The third kappa shape index (κ3) is 3.68. The Hall–Kier alpha value is -1.72. The summed E-state index contributed by atoms with van der Waals surface area (Å²) in [4.78, 5) is 10.6. The molecule has 0 bridgehead atoms. The summed E-state index contributed by atoms with van der Waals surface area (Å²) in [7, 11) is 0. The van der Waals surface area contributed by atoms with Gasteiger partial charge in [-0.1, -0.05) is 23.2 Å². The van der Waals surface area contributed by atoms with E-state index in [1.54, 1.807) is 0 Å². The minimum atomic E-state index is -4.67. The van der Waals surface area contributed by atoms with E-state index < -0.39 is 17.5 Å². The summed E-state index contributed by atoms with van der Waals surface area (Å²) < 4.78 is 44.2. The predicted octanol–water partition coefficient (Wildman–Crippen LogP) is 5.62. The van der Waals surface area contributed by atoms with Crippen molar-refractivity contribution in [3.05, 3.63) is 57.6 Å². The maximum atomic E-state index is 13.0. The average Bonchev–Trinajstić information content (AvgIpc) is 2.42. The van der Waals surface area contributed by atoms with E-state index in [-0.39, 0.29) is 21.4 Å². The van der Waals surface area contributed by atoms with Gasteiger partial charge in [0.15, 0.2) is 0 Å². The molecule has 0 aliphatic heterocycles. The van der Waals surface area contributed by atoms with Crippen molar-refractivity contribution in [3.63, 3.8) is 0 Å². The molecule has 0 saturated heterocycles. The van der Waals surface area contributed by atoms with E-state index in [1.807, 2.05) is 0 Å². The molecule has 2 nitrogen and oxygen atoms in total. The first-order chi connectivity index (χ1) is 9.81. The Morgan fingerprint density at radius 3 is 2.33 bits per heavy atom. The molecule has 0 heterocycles. The summed E-state index contributed by atoms with van der Waals surface area (Å²) >= 11 is 11.6. The normalized spacial score (nSPS) is 11.3. The fourth-order valence-corrected chi connectivity index (χ4v) is 1.92. The molecule has 0 saturated carbocycles. The number of carbonyl (C=O) groups is 1. The maximum Gasteiger partial charge on any atom is 0.420 e. The van der Waals surface area contributed by atoms with Crippen LogP contribution in [-0.2, 0) is 6.18 Å². The molecular weight excluding hydrogens is 328 g/mol. The number of alkyl halides is 3. The van der Waals surface area contributed by atoms with Crippen molar-refractivity contribution >= 4 is 29.5 Å². The Bertz CT molecular complexity index is 684. The first kappa shape index (κ1) is 15.7. The van der Waals surface area contributed by atoms with Crippen molar-refractivity contribution in [3.8, 4) is 11.5 Å². The summed E-state index contributed by atoms with van der Waals surface area (Å²) in [5.41, 5.74) is -1.17. The molecule has 0 aliphatic rings. The van der Waals surface area contributed by atoms with Crippen LogP contribution in [0, 0.1) is 0 Å². The first-order valence-electron chi connectivity index (χ1n) is 5.60. The summed E-state index contributed by atoms with van der Waals surface area (Å²) in [6.45, 7) is 0. The molecule has 0 radical (unpaired) electrons. The molecule has 110 valence electrons. The number of rotatable bonds is 3. The highest BCUT2D eigenvalue weighted by Crippen LogP contribution is 2.40. The standard InChI is InChI=1S/C14H7Cl2F3O2/c15-9-2-3-11(16)13(6-9)21-12-4-1-8(7-20)5-10(12)14(17,18)19/h1-7H. The van der Waals surface area contributed by atoms with E-state index in [9.17, 15) is 18.0 Å². The van der Waals surface area contributed by atoms with Gasteiger partial charge in [-0.25, -0.2) is 0 Å². The monoisotopic (exact) mass is 334 g/mol. The van der Waals surface area contributed by atoms with Gasteiger partial charge in [-0.3, -0.25) is 4.79 Å². The Labute approximate surface area is 128 Å². The summed E-state index contributed by atoms with van der Waals surface area (Å²) in [6, 6.07) is 7.18. The molecule has 7 heteroatoms. The number of hydrogen-bond acceptors (Lipinski definition) is 2. The first-order valence-corrected chi connectivity index (χ1v) is 6.36. The van der Waals surface area contributed by atoms with Crippen molar-refractivity contribution in [2.24, 2.45) is 0 Å². The molecule has 0 aromatic heterocycles. The molecular formula is C14H7Cl2F3O2. The highest BCUT2D eigenvalue weighted by molar-refractivity contribution is 6.34. The topological polar surface area (TPSA) is 26.3 Å². The lowest BCUT2D eigenvalue weighted by atomic mass is 10.1. The molecule has 0 fully saturated rings. The Morgan fingerprint density at radius 2 is 1.71 bits per heavy atom. The van der Waals surface area contributed by atoms with E-state index in [0.717, 1.165) is 6.07 Å². The SMILES string of the molecule is O=Cc1ccc(Oc2cc(Cl)ccc2Cl)c(C(F)(F)F)c1. The molecule has 21 heavy (non-hydrogen) atoms. The molecule has 0 aliphatic carbocycles. The van der Waals surface area contributed by atoms with Gasteiger partial charge in [0.25, 0.3) is 0 Å². The van der Waals surface area contributed by atoms with E-state index in [4.69, 9.17) is 27.9 Å². The van der Waals surface area contributed by atoms with Gasteiger partial charge in [-0.2, -0.15) is 13.2 Å². The van der Waals surface area contributed by atoms with Gasteiger partial charge < -0.3 is 4.74 Å².